The minimum atomic E-state index is -4.52. The van der Waals surface area contributed by atoms with E-state index in [1.165, 1.54) is 0 Å². The topological polar surface area (TPSA) is 85.3 Å². The molecular formula is C24H22F3N5O2. The van der Waals surface area contributed by atoms with Crippen molar-refractivity contribution in [1.29, 1.82) is 0 Å². The fraction of sp³-hybridized carbons (Fsp3) is 0.250. The van der Waals surface area contributed by atoms with E-state index in [1.54, 1.807) is 43.3 Å². The van der Waals surface area contributed by atoms with Crippen LogP contribution in [0.3, 0.4) is 0 Å². The lowest BCUT2D eigenvalue weighted by Gasteiger charge is -2.32. The number of allylic oxidation sites excluding steroid dienone is 2. The number of halogens is 3. The highest BCUT2D eigenvalue weighted by Gasteiger charge is 2.53. The number of alkyl halides is 3. The minimum Gasteiger partial charge on any atom is -0.486 e. The van der Waals surface area contributed by atoms with Gasteiger partial charge >= 0.3 is 6.18 Å². The van der Waals surface area contributed by atoms with E-state index in [0.717, 1.165) is 17.7 Å². The predicted molar refractivity (Wildman–Crippen MR) is 119 cm³/mol. The molecule has 10 heteroatoms. The summed E-state index contributed by atoms with van der Waals surface area (Å²) in [5, 5.41) is 17.2. The second-order valence-electron chi connectivity index (χ2n) is 7.80. The van der Waals surface area contributed by atoms with Gasteiger partial charge in [0.05, 0.1) is 5.71 Å². The van der Waals surface area contributed by atoms with Crippen molar-refractivity contribution in [2.75, 3.05) is 6.61 Å². The van der Waals surface area contributed by atoms with E-state index in [-0.39, 0.29) is 12.5 Å². The molecule has 0 aliphatic heterocycles. The van der Waals surface area contributed by atoms with Crippen LogP contribution in [-0.2, 0) is 11.4 Å². The quantitative estimate of drug-likeness (QED) is 0.286. The molecule has 4 rings (SSSR count). The smallest absolute Gasteiger partial charge is 0.404 e. The molecule has 1 heterocycles. The summed E-state index contributed by atoms with van der Waals surface area (Å²) in [7, 11) is 0. The summed E-state index contributed by atoms with van der Waals surface area (Å²) in [6.07, 6.45) is 0.896. The van der Waals surface area contributed by atoms with Gasteiger partial charge in [0, 0.05) is 5.92 Å². The first-order valence-corrected chi connectivity index (χ1v) is 10.5. The van der Waals surface area contributed by atoms with Crippen LogP contribution in [0.4, 0.5) is 13.2 Å². The number of tetrazole rings is 1. The molecule has 1 aliphatic carbocycles. The number of hydrogen-bond donors (Lipinski definition) is 1. The highest BCUT2D eigenvalue weighted by molar-refractivity contribution is 5.98. The molecule has 3 aromatic rings. The van der Waals surface area contributed by atoms with Gasteiger partial charge in [-0.05, 0) is 52.7 Å². The van der Waals surface area contributed by atoms with Crippen molar-refractivity contribution in [2.24, 2.45) is 10.6 Å². The molecule has 0 unspecified atom stereocenters. The first-order valence-electron chi connectivity index (χ1n) is 10.5. The lowest BCUT2D eigenvalue weighted by Crippen LogP contribution is -2.39. The van der Waals surface area contributed by atoms with E-state index in [1.807, 2.05) is 30.3 Å². The van der Waals surface area contributed by atoms with Gasteiger partial charge in [-0.15, -0.1) is 5.10 Å². The molecule has 7 nitrogen and oxygen atoms in total. The molecule has 0 fully saturated rings. The van der Waals surface area contributed by atoms with Crippen LogP contribution in [0.25, 0.3) is 0 Å². The maximum Gasteiger partial charge on any atom is 0.404 e. The lowest BCUT2D eigenvalue weighted by molar-refractivity contribution is -0.204. The summed E-state index contributed by atoms with van der Waals surface area (Å²) in [5.41, 5.74) is -0.191. The third kappa shape index (κ3) is 5.33. The first-order chi connectivity index (χ1) is 16.4. The van der Waals surface area contributed by atoms with Gasteiger partial charge < -0.3 is 9.57 Å². The number of nitrogens with zero attached hydrogens (tertiary/aromatic N) is 4. The van der Waals surface area contributed by atoms with E-state index in [9.17, 15) is 13.2 Å². The first kappa shape index (κ1) is 23.2. The maximum atomic E-state index is 13.9. The van der Waals surface area contributed by atoms with Crippen LogP contribution in [0.15, 0.2) is 84.1 Å². The Labute approximate surface area is 194 Å². The van der Waals surface area contributed by atoms with Crippen molar-refractivity contribution in [2.45, 2.75) is 25.6 Å². The molecule has 0 radical (unpaired) electrons. The van der Waals surface area contributed by atoms with E-state index in [2.05, 4.69) is 25.8 Å². The van der Waals surface area contributed by atoms with E-state index in [0.29, 0.717) is 22.8 Å². The van der Waals surface area contributed by atoms with Gasteiger partial charge in [-0.25, -0.2) is 5.10 Å². The van der Waals surface area contributed by atoms with Crippen LogP contribution < -0.4 is 4.74 Å². The van der Waals surface area contributed by atoms with Gasteiger partial charge in [-0.3, -0.25) is 0 Å². The van der Waals surface area contributed by atoms with E-state index < -0.39 is 18.2 Å². The SMILES string of the molecule is C/C(=N\OCC1(C(F)(F)F)C=CC(c2ccccc2)C=C1)c1ccc(OCc2nnn[nH]2)cc1. The Hall–Kier alpha value is -3.95. The summed E-state index contributed by atoms with van der Waals surface area (Å²) >= 11 is 0. The highest BCUT2D eigenvalue weighted by Crippen LogP contribution is 2.45. The Morgan fingerprint density at radius 1 is 1.06 bits per heavy atom. The van der Waals surface area contributed by atoms with Gasteiger partial charge in [0.1, 0.15) is 24.4 Å². The monoisotopic (exact) mass is 469 g/mol. The molecule has 0 saturated heterocycles. The predicted octanol–water partition coefficient (Wildman–Crippen LogP) is 4.98. The Bertz CT molecular complexity index is 1140. The van der Waals surface area contributed by atoms with Crippen molar-refractivity contribution >= 4 is 5.71 Å². The average Bonchev–Trinajstić information content (AvgIpc) is 3.37. The number of benzene rings is 2. The number of H-pyrrole nitrogens is 1. The summed E-state index contributed by atoms with van der Waals surface area (Å²) in [4.78, 5) is 5.19. The van der Waals surface area contributed by atoms with E-state index >= 15 is 0 Å². The minimum absolute atomic E-state index is 0.175. The Morgan fingerprint density at radius 3 is 2.38 bits per heavy atom. The Morgan fingerprint density at radius 2 is 1.76 bits per heavy atom. The molecule has 0 bridgehead atoms. The molecule has 2 aromatic carbocycles. The summed E-state index contributed by atoms with van der Waals surface area (Å²) < 4.78 is 47.4. The number of hydrogen-bond acceptors (Lipinski definition) is 6. The van der Waals surface area contributed by atoms with E-state index in [4.69, 9.17) is 9.57 Å². The molecule has 1 aromatic heterocycles. The van der Waals surface area contributed by atoms with Gasteiger partial charge in [0.15, 0.2) is 5.82 Å². The Balaban J connectivity index is 1.38. The number of oxime groups is 1. The molecule has 1 aliphatic rings. The van der Waals surface area contributed by atoms with Crippen molar-refractivity contribution in [1.82, 2.24) is 20.6 Å². The zero-order valence-electron chi connectivity index (χ0n) is 18.2. The van der Waals surface area contributed by atoms with Crippen LogP contribution >= 0.6 is 0 Å². The maximum absolute atomic E-state index is 13.9. The molecule has 0 atom stereocenters. The molecule has 0 spiro atoms. The second-order valence-corrected chi connectivity index (χ2v) is 7.80. The van der Waals surface area contributed by atoms with Crippen molar-refractivity contribution in [3.05, 3.63) is 95.9 Å². The molecule has 1 N–H and O–H groups in total. The summed E-state index contributed by atoms with van der Waals surface area (Å²) in [6, 6.07) is 16.2. The van der Waals surface area contributed by atoms with Gasteiger partial charge in [-0.2, -0.15) is 13.2 Å². The average molecular weight is 469 g/mol. The van der Waals surface area contributed by atoms with Crippen molar-refractivity contribution < 1.29 is 22.7 Å². The van der Waals surface area contributed by atoms with Crippen LogP contribution in [0.5, 0.6) is 5.75 Å². The number of rotatable bonds is 8. The molecule has 34 heavy (non-hydrogen) atoms. The second kappa shape index (κ2) is 9.90. The Kier molecular flexibility index (Phi) is 6.76. The molecule has 0 saturated carbocycles. The molecular weight excluding hydrogens is 447 g/mol. The van der Waals surface area contributed by atoms with Crippen molar-refractivity contribution in [3.8, 4) is 5.75 Å². The van der Waals surface area contributed by atoms with Crippen LogP contribution in [0, 0.1) is 5.41 Å². The molecule has 0 amide bonds. The molecule has 176 valence electrons. The third-order valence-electron chi connectivity index (χ3n) is 5.46. The zero-order valence-corrected chi connectivity index (χ0v) is 18.2. The number of ether oxygens (including phenoxy) is 1. The largest absolute Gasteiger partial charge is 0.486 e. The summed E-state index contributed by atoms with van der Waals surface area (Å²) in [5.74, 6) is 0.841. The lowest BCUT2D eigenvalue weighted by atomic mass is 9.80. The van der Waals surface area contributed by atoms with Crippen LogP contribution in [0.2, 0.25) is 0 Å². The van der Waals surface area contributed by atoms with Crippen molar-refractivity contribution in [3.63, 3.8) is 0 Å². The number of aromatic amines is 1. The van der Waals surface area contributed by atoms with Gasteiger partial charge in [0.25, 0.3) is 0 Å². The zero-order chi connectivity index (χ0) is 24.0. The van der Waals surface area contributed by atoms with Crippen LogP contribution in [-0.4, -0.2) is 39.1 Å². The number of nitrogens with one attached hydrogen (secondary N) is 1. The van der Waals surface area contributed by atoms with Crippen LogP contribution in [0.1, 0.15) is 29.8 Å². The normalized spacial score (nSPS) is 20.4. The van der Waals surface area contributed by atoms with Gasteiger partial charge in [-0.1, -0.05) is 59.8 Å². The number of aromatic nitrogens is 4. The fourth-order valence-electron chi connectivity index (χ4n) is 3.41. The standard InChI is InChI=1S/C24H22F3N5O2/c1-17(18-7-9-21(10-8-18)33-15-22-28-31-32-29-22)30-34-16-23(24(25,26)27)13-11-20(12-14-23)19-5-3-2-4-6-19/h2-14,20H,15-16H2,1H3,(H,28,29,31,32)/b30-17+. The third-order valence-corrected chi connectivity index (χ3v) is 5.46. The van der Waals surface area contributed by atoms with Gasteiger partial charge in [0.2, 0.25) is 0 Å². The fourth-order valence-corrected chi connectivity index (χ4v) is 3.41. The summed E-state index contributed by atoms with van der Waals surface area (Å²) in [6.45, 7) is 1.18. The highest BCUT2D eigenvalue weighted by atomic mass is 19.4.